The van der Waals surface area contributed by atoms with Gasteiger partial charge >= 0.3 is 6.09 Å². The third kappa shape index (κ3) is 12.3. The van der Waals surface area contributed by atoms with E-state index in [0.29, 0.717) is 13.0 Å². The van der Waals surface area contributed by atoms with Gasteiger partial charge in [-0.05, 0) is 64.5 Å². The fraction of sp³-hybridized carbons (Fsp3) is 0.727. The summed E-state index contributed by atoms with van der Waals surface area (Å²) in [7, 11) is 0. The number of hydrogen-bond donors (Lipinski definition) is 2. The van der Waals surface area contributed by atoms with Gasteiger partial charge in [-0.25, -0.2) is 4.79 Å². The van der Waals surface area contributed by atoms with E-state index in [1.807, 2.05) is 52.0 Å². The first-order chi connectivity index (χ1) is 18.9. The van der Waals surface area contributed by atoms with Crippen molar-refractivity contribution in [3.63, 3.8) is 0 Å². The zero-order chi connectivity index (χ0) is 30.3. The van der Waals surface area contributed by atoms with Crippen LogP contribution in [0.2, 0.25) is 0 Å². The lowest BCUT2D eigenvalue weighted by molar-refractivity contribution is -0.143. The van der Waals surface area contributed by atoms with Gasteiger partial charge < -0.3 is 20.3 Å². The molecular formula is C33H57N3O4. The SMILES string of the molecule is CCCCCCCCN(C(=O)C(NC(=O)OC(C)(C)C)C(C)CC)C(C(=O)NC(C)CCC)c1ccccc1C. The Morgan fingerprint density at radius 1 is 0.900 bits per heavy atom. The molecule has 0 aliphatic carbocycles. The summed E-state index contributed by atoms with van der Waals surface area (Å²) in [4.78, 5) is 42.9. The van der Waals surface area contributed by atoms with Crippen molar-refractivity contribution in [3.8, 4) is 0 Å². The minimum Gasteiger partial charge on any atom is -0.444 e. The van der Waals surface area contributed by atoms with Gasteiger partial charge in [-0.3, -0.25) is 9.59 Å². The average molecular weight is 560 g/mol. The number of unbranched alkanes of at least 4 members (excludes halogenated alkanes) is 5. The van der Waals surface area contributed by atoms with E-state index in [1.165, 1.54) is 12.8 Å². The molecule has 7 heteroatoms. The highest BCUT2D eigenvalue weighted by atomic mass is 16.6. The van der Waals surface area contributed by atoms with Crippen LogP contribution in [0.25, 0.3) is 0 Å². The van der Waals surface area contributed by atoms with Crippen LogP contribution < -0.4 is 10.6 Å². The van der Waals surface area contributed by atoms with E-state index in [4.69, 9.17) is 4.74 Å². The summed E-state index contributed by atoms with van der Waals surface area (Å²) < 4.78 is 5.52. The molecule has 7 nitrogen and oxygen atoms in total. The third-order valence-corrected chi connectivity index (χ3v) is 7.34. The number of amides is 3. The Morgan fingerprint density at radius 2 is 1.52 bits per heavy atom. The largest absolute Gasteiger partial charge is 0.444 e. The van der Waals surface area contributed by atoms with E-state index in [-0.39, 0.29) is 23.8 Å². The normalized spacial score (nSPS) is 14.5. The molecular weight excluding hydrogens is 502 g/mol. The van der Waals surface area contributed by atoms with Crippen LogP contribution in [0.3, 0.4) is 0 Å². The molecule has 0 saturated carbocycles. The topological polar surface area (TPSA) is 87.7 Å². The van der Waals surface area contributed by atoms with Crippen molar-refractivity contribution in [1.29, 1.82) is 0 Å². The molecule has 0 aliphatic heterocycles. The van der Waals surface area contributed by atoms with E-state index < -0.39 is 23.8 Å². The van der Waals surface area contributed by atoms with Crippen LogP contribution in [-0.4, -0.2) is 47.0 Å². The summed E-state index contributed by atoms with van der Waals surface area (Å²) in [5.41, 5.74) is 1.07. The van der Waals surface area contributed by atoms with Crippen molar-refractivity contribution < 1.29 is 19.1 Å². The second kappa shape index (κ2) is 18.0. The molecule has 0 aromatic heterocycles. The molecule has 0 saturated heterocycles. The van der Waals surface area contributed by atoms with Crippen LogP contribution in [-0.2, 0) is 14.3 Å². The second-order valence-electron chi connectivity index (χ2n) is 12.3. The fourth-order valence-electron chi connectivity index (χ4n) is 4.90. The van der Waals surface area contributed by atoms with E-state index >= 15 is 0 Å². The standard InChI is InChI=1S/C33H57N3O4/c1-10-13-14-15-16-19-23-36(31(38)28(24(4)12-3)35-32(39)40-33(7,8)9)29(27-22-18-17-21-25(27)5)30(37)34-26(6)20-11-2/h17-18,21-22,24,26,28-29H,10-16,19-20,23H2,1-9H3,(H,34,37)(H,35,39). The molecule has 0 aliphatic rings. The molecule has 0 radical (unpaired) electrons. The predicted octanol–water partition coefficient (Wildman–Crippen LogP) is 7.47. The van der Waals surface area contributed by atoms with Gasteiger partial charge in [0.25, 0.3) is 0 Å². The van der Waals surface area contributed by atoms with E-state index in [1.54, 1.807) is 25.7 Å². The van der Waals surface area contributed by atoms with Gasteiger partial charge in [0, 0.05) is 12.6 Å². The molecule has 0 fully saturated rings. The lowest BCUT2D eigenvalue weighted by atomic mass is 9.94. The summed E-state index contributed by atoms with van der Waals surface area (Å²) >= 11 is 0. The second-order valence-corrected chi connectivity index (χ2v) is 12.3. The smallest absolute Gasteiger partial charge is 0.408 e. The van der Waals surface area contributed by atoms with Gasteiger partial charge in [0.2, 0.25) is 11.8 Å². The number of carbonyl (C=O) groups excluding carboxylic acids is 3. The van der Waals surface area contributed by atoms with Crippen molar-refractivity contribution in [2.24, 2.45) is 5.92 Å². The van der Waals surface area contributed by atoms with Gasteiger partial charge in [0.05, 0.1) is 0 Å². The van der Waals surface area contributed by atoms with Crippen LogP contribution in [0.1, 0.15) is 130 Å². The Labute approximate surface area is 244 Å². The molecule has 4 unspecified atom stereocenters. The van der Waals surface area contributed by atoms with Crippen LogP contribution in [0.4, 0.5) is 4.79 Å². The molecule has 1 rings (SSSR count). The first-order valence-electron chi connectivity index (χ1n) is 15.5. The van der Waals surface area contributed by atoms with Crippen molar-refractivity contribution in [2.75, 3.05) is 6.54 Å². The van der Waals surface area contributed by atoms with Crippen LogP contribution >= 0.6 is 0 Å². The highest BCUT2D eigenvalue weighted by Gasteiger charge is 2.38. The molecule has 228 valence electrons. The number of aryl methyl sites for hydroxylation is 1. The maximum absolute atomic E-state index is 14.4. The minimum absolute atomic E-state index is 0.0136. The van der Waals surface area contributed by atoms with Crippen LogP contribution in [0.5, 0.6) is 0 Å². The Bertz CT molecular complexity index is 911. The van der Waals surface area contributed by atoms with Gasteiger partial charge in [0.1, 0.15) is 17.7 Å². The maximum atomic E-state index is 14.4. The molecule has 2 N–H and O–H groups in total. The molecule has 0 spiro atoms. The Balaban J connectivity index is 3.50. The van der Waals surface area contributed by atoms with Crippen molar-refractivity contribution >= 4 is 17.9 Å². The number of alkyl carbamates (subject to hydrolysis) is 1. The number of carbonyl (C=O) groups is 3. The molecule has 4 atom stereocenters. The fourth-order valence-corrected chi connectivity index (χ4v) is 4.90. The first-order valence-corrected chi connectivity index (χ1v) is 15.5. The molecule has 40 heavy (non-hydrogen) atoms. The molecule has 0 bridgehead atoms. The molecule has 1 aromatic carbocycles. The Kier molecular flexibility index (Phi) is 15.9. The first kappa shape index (κ1) is 35.5. The van der Waals surface area contributed by atoms with E-state index in [0.717, 1.165) is 49.7 Å². The highest BCUT2D eigenvalue weighted by Crippen LogP contribution is 2.28. The zero-order valence-corrected chi connectivity index (χ0v) is 26.8. The number of nitrogens with one attached hydrogen (secondary N) is 2. The number of ether oxygens (including phenoxy) is 1. The average Bonchev–Trinajstić information content (AvgIpc) is 2.87. The zero-order valence-electron chi connectivity index (χ0n) is 26.8. The highest BCUT2D eigenvalue weighted by molar-refractivity contribution is 5.92. The van der Waals surface area contributed by atoms with Crippen LogP contribution in [0.15, 0.2) is 24.3 Å². The predicted molar refractivity (Wildman–Crippen MR) is 164 cm³/mol. The summed E-state index contributed by atoms with van der Waals surface area (Å²) in [6, 6.07) is 6.15. The summed E-state index contributed by atoms with van der Waals surface area (Å²) in [5.74, 6) is -0.582. The monoisotopic (exact) mass is 559 g/mol. The van der Waals surface area contributed by atoms with Gasteiger partial charge in [0.15, 0.2) is 0 Å². The number of rotatable bonds is 17. The lowest BCUT2D eigenvalue weighted by Crippen LogP contribution is -2.56. The molecule has 3 amide bonds. The molecule has 1 aromatic rings. The van der Waals surface area contributed by atoms with Crippen molar-refractivity contribution in [1.82, 2.24) is 15.5 Å². The number of benzene rings is 1. The summed E-state index contributed by atoms with van der Waals surface area (Å²) in [5, 5.41) is 6.03. The van der Waals surface area contributed by atoms with E-state index in [2.05, 4.69) is 24.5 Å². The maximum Gasteiger partial charge on any atom is 0.408 e. The van der Waals surface area contributed by atoms with Crippen molar-refractivity contribution in [3.05, 3.63) is 35.4 Å². The Morgan fingerprint density at radius 3 is 2.10 bits per heavy atom. The minimum atomic E-state index is -0.813. The van der Waals surface area contributed by atoms with Gasteiger partial charge in [-0.15, -0.1) is 0 Å². The molecule has 0 heterocycles. The Hall–Kier alpha value is -2.57. The number of nitrogens with zero attached hydrogens (tertiary/aromatic N) is 1. The van der Waals surface area contributed by atoms with Gasteiger partial charge in [-0.2, -0.15) is 0 Å². The van der Waals surface area contributed by atoms with E-state index in [9.17, 15) is 14.4 Å². The van der Waals surface area contributed by atoms with Crippen molar-refractivity contribution in [2.45, 2.75) is 144 Å². The quantitative estimate of drug-likeness (QED) is 0.194. The third-order valence-electron chi connectivity index (χ3n) is 7.34. The van der Waals surface area contributed by atoms with Gasteiger partial charge in [-0.1, -0.05) is 96.9 Å². The summed E-state index contributed by atoms with van der Waals surface area (Å²) in [6.45, 7) is 18.0. The number of hydrogen-bond acceptors (Lipinski definition) is 4. The summed E-state index contributed by atoms with van der Waals surface area (Å²) in [6.07, 6.45) is 8.25. The van der Waals surface area contributed by atoms with Crippen LogP contribution in [0, 0.1) is 12.8 Å². The lowest BCUT2D eigenvalue weighted by Gasteiger charge is -2.37.